The normalized spacial score (nSPS) is 16.7. The molecule has 1 aliphatic carbocycles. The Morgan fingerprint density at radius 1 is 1.07 bits per heavy atom. The molecule has 3 aromatic carbocycles. The number of aliphatic hydroxyl groups is 1. The van der Waals surface area contributed by atoms with Crippen LogP contribution in [0.2, 0.25) is 5.02 Å². The van der Waals surface area contributed by atoms with Gasteiger partial charge in [-0.2, -0.15) is 13.2 Å². The van der Waals surface area contributed by atoms with Gasteiger partial charge in [0, 0.05) is 24.5 Å². The number of aromatic amines is 1. The molecule has 1 atom stereocenters. The zero-order valence-corrected chi connectivity index (χ0v) is 24.5. The number of amides is 2. The van der Waals surface area contributed by atoms with Crippen molar-refractivity contribution in [2.45, 2.75) is 50.9 Å². The summed E-state index contributed by atoms with van der Waals surface area (Å²) < 4.78 is 47.0. The van der Waals surface area contributed by atoms with E-state index in [0.29, 0.717) is 51.9 Å². The van der Waals surface area contributed by atoms with Gasteiger partial charge in [-0.25, -0.2) is 0 Å². The van der Waals surface area contributed by atoms with Gasteiger partial charge in [0.25, 0.3) is 11.8 Å². The van der Waals surface area contributed by atoms with E-state index in [-0.39, 0.29) is 34.5 Å². The third kappa shape index (κ3) is 5.94. The summed E-state index contributed by atoms with van der Waals surface area (Å²) in [5.74, 6) is -0.498. The third-order valence-corrected chi connectivity index (χ3v) is 8.06. The Hall–Kier alpha value is -4.02. The Balaban J connectivity index is 1.49. The fourth-order valence-electron chi connectivity index (χ4n) is 5.62. The van der Waals surface area contributed by atoms with E-state index in [0.717, 1.165) is 6.07 Å². The number of benzene rings is 3. The van der Waals surface area contributed by atoms with Gasteiger partial charge in [-0.15, -0.1) is 0 Å². The number of hydrogen-bond acceptors (Lipinski definition) is 4. The standard InChI is InChI=1S/C32H31ClF3N3O4/c1-17(2)43-27-10-8-18(19-7-9-21(25(33)14-19)29(41)37-3)13-22(27)30(42)39-31(16-40)12-11-26-23(15-31)20-5-4-6-24(28(20)38-26)32(34,35)36/h4-10,13-14,17,38,40H,11-12,15-16H2,1-3H3,(H,37,41)(H,39,42). The molecule has 0 radical (unpaired) electrons. The Morgan fingerprint density at radius 3 is 2.44 bits per heavy atom. The molecule has 0 saturated heterocycles. The second-order valence-corrected chi connectivity index (χ2v) is 11.4. The third-order valence-electron chi connectivity index (χ3n) is 7.75. The molecule has 1 aliphatic rings. The Labute approximate surface area is 251 Å². The van der Waals surface area contributed by atoms with E-state index in [9.17, 15) is 27.9 Å². The summed E-state index contributed by atoms with van der Waals surface area (Å²) >= 11 is 6.37. The maximum atomic E-state index is 13.9. The lowest BCUT2D eigenvalue weighted by molar-refractivity contribution is -0.136. The van der Waals surface area contributed by atoms with Crippen molar-refractivity contribution in [1.82, 2.24) is 15.6 Å². The summed E-state index contributed by atoms with van der Waals surface area (Å²) in [5.41, 5.74) is 1.27. The molecule has 5 rings (SSSR count). The molecular formula is C32H31ClF3N3O4. The zero-order chi connectivity index (χ0) is 31.1. The molecule has 4 N–H and O–H groups in total. The number of nitrogens with one attached hydrogen (secondary N) is 3. The van der Waals surface area contributed by atoms with Gasteiger partial charge in [0.2, 0.25) is 0 Å². The first-order valence-electron chi connectivity index (χ1n) is 13.8. The summed E-state index contributed by atoms with van der Waals surface area (Å²) in [6.07, 6.45) is -3.97. The number of carbonyl (C=O) groups excluding carboxylic acids is 2. The van der Waals surface area contributed by atoms with E-state index in [2.05, 4.69) is 15.6 Å². The van der Waals surface area contributed by atoms with Crippen molar-refractivity contribution < 1.29 is 32.6 Å². The van der Waals surface area contributed by atoms with Crippen molar-refractivity contribution in [3.05, 3.63) is 87.6 Å². The highest BCUT2D eigenvalue weighted by molar-refractivity contribution is 6.34. The van der Waals surface area contributed by atoms with Gasteiger partial charge in [-0.05, 0) is 73.7 Å². The molecule has 11 heteroatoms. The number of hydrogen-bond donors (Lipinski definition) is 4. The summed E-state index contributed by atoms with van der Waals surface area (Å²) in [4.78, 5) is 28.9. The van der Waals surface area contributed by atoms with Gasteiger partial charge >= 0.3 is 6.18 Å². The highest BCUT2D eigenvalue weighted by Gasteiger charge is 2.40. The molecule has 226 valence electrons. The monoisotopic (exact) mass is 613 g/mol. The van der Waals surface area contributed by atoms with Crippen LogP contribution in [0.1, 0.15) is 57.8 Å². The smallest absolute Gasteiger partial charge is 0.418 e. The van der Waals surface area contributed by atoms with Crippen molar-refractivity contribution >= 4 is 34.3 Å². The summed E-state index contributed by atoms with van der Waals surface area (Å²) in [6, 6.07) is 14.1. The van der Waals surface area contributed by atoms with E-state index in [4.69, 9.17) is 16.3 Å². The second kappa shape index (κ2) is 11.6. The van der Waals surface area contributed by atoms with Crippen molar-refractivity contribution in [1.29, 1.82) is 0 Å². The van der Waals surface area contributed by atoms with Gasteiger partial charge in [0.15, 0.2) is 0 Å². The minimum Gasteiger partial charge on any atom is -0.490 e. The fourth-order valence-corrected chi connectivity index (χ4v) is 5.88. The summed E-state index contributed by atoms with van der Waals surface area (Å²) in [5, 5.41) is 16.7. The molecule has 43 heavy (non-hydrogen) atoms. The number of fused-ring (bicyclic) bond motifs is 3. The predicted octanol–water partition coefficient (Wildman–Crippen LogP) is 6.30. The molecule has 0 spiro atoms. The summed E-state index contributed by atoms with van der Waals surface area (Å²) in [7, 11) is 1.51. The van der Waals surface area contributed by atoms with Crippen LogP contribution in [-0.2, 0) is 19.0 Å². The van der Waals surface area contributed by atoms with Gasteiger partial charge in [0.05, 0.1) is 45.5 Å². The van der Waals surface area contributed by atoms with E-state index < -0.39 is 29.8 Å². The zero-order valence-electron chi connectivity index (χ0n) is 23.8. The number of rotatable bonds is 7. The average Bonchev–Trinajstić information content (AvgIpc) is 3.33. The molecular weight excluding hydrogens is 583 g/mol. The molecule has 1 unspecified atom stereocenters. The SMILES string of the molecule is CNC(=O)c1ccc(-c2ccc(OC(C)C)c(C(=O)NC3(CO)CCc4[nH]c5c(C(F)(F)F)cccc5c4C3)c2)cc1Cl. The first-order valence-corrected chi connectivity index (χ1v) is 14.2. The van der Waals surface area contributed by atoms with Crippen LogP contribution in [-0.4, -0.2) is 47.2 Å². The van der Waals surface area contributed by atoms with Gasteiger partial charge in [-0.3, -0.25) is 9.59 Å². The quantitative estimate of drug-likeness (QED) is 0.196. The first kappa shape index (κ1) is 30.4. The largest absolute Gasteiger partial charge is 0.490 e. The molecule has 7 nitrogen and oxygen atoms in total. The molecule has 4 aromatic rings. The molecule has 0 aliphatic heterocycles. The van der Waals surface area contributed by atoms with Crippen molar-refractivity contribution in [2.75, 3.05) is 13.7 Å². The van der Waals surface area contributed by atoms with Crippen molar-refractivity contribution in [3.63, 3.8) is 0 Å². The van der Waals surface area contributed by atoms with Gasteiger partial charge in [0.1, 0.15) is 5.75 Å². The fraction of sp³-hybridized carbons (Fsp3) is 0.312. The molecule has 1 aromatic heterocycles. The van der Waals surface area contributed by atoms with Crippen molar-refractivity contribution in [3.8, 4) is 16.9 Å². The van der Waals surface area contributed by atoms with Gasteiger partial charge in [-0.1, -0.05) is 35.9 Å². The van der Waals surface area contributed by atoms with E-state index >= 15 is 0 Å². The van der Waals surface area contributed by atoms with Crippen LogP contribution in [0.5, 0.6) is 5.75 Å². The minimum absolute atomic E-state index is 0.00137. The van der Waals surface area contributed by atoms with E-state index in [1.165, 1.54) is 13.1 Å². The highest BCUT2D eigenvalue weighted by Crippen LogP contribution is 2.40. The number of alkyl halides is 3. The molecule has 0 saturated carbocycles. The lowest BCUT2D eigenvalue weighted by atomic mass is 9.80. The maximum Gasteiger partial charge on any atom is 0.418 e. The number of aromatic nitrogens is 1. The second-order valence-electron chi connectivity index (χ2n) is 11.0. The number of carbonyl (C=O) groups is 2. The first-order chi connectivity index (χ1) is 20.4. The Kier molecular flexibility index (Phi) is 8.20. The van der Waals surface area contributed by atoms with Gasteiger partial charge < -0.3 is 25.5 Å². The lowest BCUT2D eigenvalue weighted by Gasteiger charge is -2.37. The molecule has 0 fully saturated rings. The number of aliphatic hydroxyl groups excluding tert-OH is 1. The highest BCUT2D eigenvalue weighted by atomic mass is 35.5. The van der Waals surface area contributed by atoms with Crippen LogP contribution in [0.3, 0.4) is 0 Å². The maximum absolute atomic E-state index is 13.9. The Bertz CT molecular complexity index is 1720. The van der Waals surface area contributed by atoms with Crippen LogP contribution in [0, 0.1) is 0 Å². The predicted molar refractivity (Wildman–Crippen MR) is 159 cm³/mol. The van der Waals surface area contributed by atoms with E-state index in [1.54, 1.807) is 42.5 Å². The number of ether oxygens (including phenoxy) is 1. The van der Waals surface area contributed by atoms with E-state index in [1.807, 2.05) is 13.8 Å². The topological polar surface area (TPSA) is 103 Å². The van der Waals surface area contributed by atoms with Crippen LogP contribution in [0.4, 0.5) is 13.2 Å². The van der Waals surface area contributed by atoms with Crippen molar-refractivity contribution in [2.24, 2.45) is 0 Å². The Morgan fingerprint density at radius 2 is 1.79 bits per heavy atom. The number of para-hydroxylation sites is 1. The molecule has 1 heterocycles. The van der Waals surface area contributed by atoms with Crippen LogP contribution in [0.25, 0.3) is 22.0 Å². The lowest BCUT2D eigenvalue weighted by Crippen LogP contribution is -2.54. The summed E-state index contributed by atoms with van der Waals surface area (Å²) in [6.45, 7) is 3.24. The average molecular weight is 614 g/mol. The molecule has 2 amide bonds. The molecule has 0 bridgehead atoms. The van der Waals surface area contributed by atoms with Crippen LogP contribution < -0.4 is 15.4 Å². The number of aryl methyl sites for hydroxylation is 1. The minimum atomic E-state index is -4.53. The van der Waals surface area contributed by atoms with Crippen LogP contribution >= 0.6 is 11.6 Å². The number of halogens is 4. The van der Waals surface area contributed by atoms with Crippen LogP contribution in [0.15, 0.2) is 54.6 Å². The number of H-pyrrole nitrogens is 1.